The van der Waals surface area contributed by atoms with Gasteiger partial charge in [0.05, 0.1) is 18.4 Å². The minimum absolute atomic E-state index is 0.380. The zero-order valence-corrected chi connectivity index (χ0v) is 13.1. The smallest absolute Gasteiger partial charge is 0.122 e. The monoisotopic (exact) mass is 292 g/mol. The van der Waals surface area contributed by atoms with Crippen molar-refractivity contribution in [2.24, 2.45) is 0 Å². The first-order valence-electron chi connectivity index (χ1n) is 8.49. The van der Waals surface area contributed by atoms with Gasteiger partial charge in [0.15, 0.2) is 0 Å². The van der Waals surface area contributed by atoms with E-state index in [4.69, 9.17) is 9.15 Å². The molecule has 2 aliphatic heterocycles. The van der Waals surface area contributed by atoms with Crippen molar-refractivity contribution in [2.75, 3.05) is 26.2 Å². The molecule has 4 nitrogen and oxygen atoms in total. The lowest BCUT2D eigenvalue weighted by Gasteiger charge is -2.32. The van der Waals surface area contributed by atoms with Crippen LogP contribution in [0.4, 0.5) is 0 Å². The molecule has 0 amide bonds. The Hall–Kier alpha value is -0.840. The SMILES string of the molecule is CCC1CC(NCC(c2ccco2)N2CCCC2)CCO1. The Morgan fingerprint density at radius 1 is 1.38 bits per heavy atom. The molecule has 3 atom stereocenters. The van der Waals surface area contributed by atoms with Crippen LogP contribution in [0.3, 0.4) is 0 Å². The van der Waals surface area contributed by atoms with E-state index in [1.165, 1.54) is 25.9 Å². The first-order valence-corrected chi connectivity index (χ1v) is 8.49. The van der Waals surface area contributed by atoms with Crippen molar-refractivity contribution in [3.63, 3.8) is 0 Å². The molecule has 0 saturated carbocycles. The van der Waals surface area contributed by atoms with Gasteiger partial charge < -0.3 is 14.5 Å². The molecule has 3 unspecified atom stereocenters. The third-order valence-electron chi connectivity index (χ3n) is 4.88. The molecule has 118 valence electrons. The van der Waals surface area contributed by atoms with E-state index in [1.54, 1.807) is 6.26 Å². The minimum Gasteiger partial charge on any atom is -0.468 e. The maximum Gasteiger partial charge on any atom is 0.122 e. The lowest BCUT2D eigenvalue weighted by atomic mass is 10.0. The number of rotatable bonds is 6. The number of hydrogen-bond donors (Lipinski definition) is 1. The van der Waals surface area contributed by atoms with Crippen molar-refractivity contribution >= 4 is 0 Å². The summed E-state index contributed by atoms with van der Waals surface area (Å²) >= 11 is 0. The Kier molecular flexibility index (Phi) is 5.33. The summed E-state index contributed by atoms with van der Waals surface area (Å²) in [6.45, 7) is 6.47. The summed E-state index contributed by atoms with van der Waals surface area (Å²) in [6, 6.07) is 5.08. The van der Waals surface area contributed by atoms with E-state index < -0.39 is 0 Å². The molecule has 0 spiro atoms. The molecular weight excluding hydrogens is 264 g/mol. The predicted molar refractivity (Wildman–Crippen MR) is 83.3 cm³/mol. The average molecular weight is 292 g/mol. The van der Waals surface area contributed by atoms with Gasteiger partial charge in [0, 0.05) is 19.2 Å². The third-order valence-corrected chi connectivity index (χ3v) is 4.88. The second-order valence-electron chi connectivity index (χ2n) is 6.30. The molecule has 21 heavy (non-hydrogen) atoms. The van der Waals surface area contributed by atoms with E-state index in [0.717, 1.165) is 38.2 Å². The minimum atomic E-state index is 0.380. The molecule has 0 bridgehead atoms. The van der Waals surface area contributed by atoms with Gasteiger partial charge in [-0.15, -0.1) is 0 Å². The van der Waals surface area contributed by atoms with Crippen molar-refractivity contribution in [2.45, 2.75) is 57.2 Å². The fraction of sp³-hybridized carbons (Fsp3) is 0.765. The van der Waals surface area contributed by atoms with Gasteiger partial charge >= 0.3 is 0 Å². The molecule has 1 N–H and O–H groups in total. The number of furan rings is 1. The first kappa shape index (κ1) is 15.1. The molecule has 1 aromatic heterocycles. The summed E-state index contributed by atoms with van der Waals surface area (Å²) in [4.78, 5) is 2.56. The summed E-state index contributed by atoms with van der Waals surface area (Å²) in [5.41, 5.74) is 0. The van der Waals surface area contributed by atoms with Crippen molar-refractivity contribution in [1.82, 2.24) is 10.2 Å². The van der Waals surface area contributed by atoms with Gasteiger partial charge in [-0.25, -0.2) is 0 Å². The van der Waals surface area contributed by atoms with Crippen molar-refractivity contribution in [3.8, 4) is 0 Å². The number of nitrogens with one attached hydrogen (secondary N) is 1. The van der Waals surface area contributed by atoms with Gasteiger partial charge in [-0.05, 0) is 57.3 Å². The molecule has 3 heterocycles. The highest BCUT2D eigenvalue weighted by atomic mass is 16.5. The zero-order valence-electron chi connectivity index (χ0n) is 13.1. The van der Waals surface area contributed by atoms with E-state index in [9.17, 15) is 0 Å². The Labute approximate surface area is 127 Å². The summed E-state index contributed by atoms with van der Waals surface area (Å²) in [6.07, 6.45) is 8.23. The van der Waals surface area contributed by atoms with Crippen LogP contribution in [-0.4, -0.2) is 43.3 Å². The molecule has 0 radical (unpaired) electrons. The number of likely N-dealkylation sites (tertiary alicyclic amines) is 1. The van der Waals surface area contributed by atoms with Crippen LogP contribution in [0.1, 0.15) is 50.8 Å². The zero-order chi connectivity index (χ0) is 14.5. The van der Waals surface area contributed by atoms with Crippen molar-refractivity contribution in [3.05, 3.63) is 24.2 Å². The van der Waals surface area contributed by atoms with Crippen LogP contribution in [0, 0.1) is 0 Å². The Morgan fingerprint density at radius 3 is 2.95 bits per heavy atom. The van der Waals surface area contributed by atoms with Gasteiger partial charge in [0.1, 0.15) is 5.76 Å². The van der Waals surface area contributed by atoms with Crippen LogP contribution >= 0.6 is 0 Å². The number of hydrogen-bond acceptors (Lipinski definition) is 4. The predicted octanol–water partition coefficient (Wildman–Crippen LogP) is 2.96. The van der Waals surface area contributed by atoms with E-state index in [0.29, 0.717) is 18.2 Å². The van der Waals surface area contributed by atoms with Crippen LogP contribution in [0.25, 0.3) is 0 Å². The summed E-state index contributed by atoms with van der Waals surface area (Å²) in [5, 5.41) is 3.77. The van der Waals surface area contributed by atoms with Crippen LogP contribution in [0.15, 0.2) is 22.8 Å². The highest BCUT2D eigenvalue weighted by Crippen LogP contribution is 2.25. The maximum absolute atomic E-state index is 5.77. The molecule has 0 aliphatic carbocycles. The van der Waals surface area contributed by atoms with E-state index >= 15 is 0 Å². The summed E-state index contributed by atoms with van der Waals surface area (Å²) < 4.78 is 11.5. The fourth-order valence-corrected chi connectivity index (χ4v) is 3.57. The van der Waals surface area contributed by atoms with Gasteiger partial charge in [-0.3, -0.25) is 4.90 Å². The summed E-state index contributed by atoms with van der Waals surface area (Å²) in [5.74, 6) is 1.10. The highest BCUT2D eigenvalue weighted by molar-refractivity contribution is 5.06. The lowest BCUT2D eigenvalue weighted by molar-refractivity contribution is -0.00126. The first-order chi connectivity index (χ1) is 10.4. The second-order valence-corrected chi connectivity index (χ2v) is 6.30. The fourth-order valence-electron chi connectivity index (χ4n) is 3.57. The Morgan fingerprint density at radius 2 is 2.24 bits per heavy atom. The van der Waals surface area contributed by atoms with E-state index in [-0.39, 0.29) is 0 Å². The van der Waals surface area contributed by atoms with Crippen molar-refractivity contribution < 1.29 is 9.15 Å². The number of ether oxygens (including phenoxy) is 1. The van der Waals surface area contributed by atoms with Crippen LogP contribution < -0.4 is 5.32 Å². The Balaban J connectivity index is 1.57. The standard InChI is InChI=1S/C17H28N2O2/c1-2-15-12-14(7-11-20-15)18-13-16(17-6-5-10-21-17)19-8-3-4-9-19/h5-6,10,14-16,18H,2-4,7-9,11-13H2,1H3. The van der Waals surface area contributed by atoms with E-state index in [1.807, 2.05) is 6.07 Å². The maximum atomic E-state index is 5.77. The van der Waals surface area contributed by atoms with Gasteiger partial charge in [0.25, 0.3) is 0 Å². The second kappa shape index (κ2) is 7.43. The molecule has 2 saturated heterocycles. The molecule has 0 aromatic carbocycles. The highest BCUT2D eigenvalue weighted by Gasteiger charge is 2.27. The van der Waals surface area contributed by atoms with Crippen LogP contribution in [0.2, 0.25) is 0 Å². The normalized spacial score (nSPS) is 28.8. The van der Waals surface area contributed by atoms with Gasteiger partial charge in [-0.2, -0.15) is 0 Å². The van der Waals surface area contributed by atoms with Crippen molar-refractivity contribution in [1.29, 1.82) is 0 Å². The summed E-state index contributed by atoms with van der Waals surface area (Å²) in [7, 11) is 0. The van der Waals surface area contributed by atoms with E-state index in [2.05, 4.69) is 23.2 Å². The number of nitrogens with zero attached hydrogens (tertiary/aromatic N) is 1. The molecule has 2 fully saturated rings. The Bertz CT molecular complexity index is 401. The molecule has 1 aromatic rings. The van der Waals surface area contributed by atoms with Gasteiger partial charge in [0.2, 0.25) is 0 Å². The molecule has 4 heteroatoms. The largest absolute Gasteiger partial charge is 0.468 e. The topological polar surface area (TPSA) is 37.6 Å². The average Bonchev–Trinajstić information content (AvgIpc) is 3.21. The van der Waals surface area contributed by atoms with Crippen LogP contribution in [-0.2, 0) is 4.74 Å². The molecular formula is C17H28N2O2. The van der Waals surface area contributed by atoms with Crippen LogP contribution in [0.5, 0.6) is 0 Å². The third kappa shape index (κ3) is 3.87. The van der Waals surface area contributed by atoms with Gasteiger partial charge in [-0.1, -0.05) is 6.92 Å². The lowest BCUT2D eigenvalue weighted by Crippen LogP contribution is -2.43. The molecule has 2 aliphatic rings. The quantitative estimate of drug-likeness (QED) is 0.875. The molecule has 3 rings (SSSR count).